The lowest BCUT2D eigenvalue weighted by atomic mass is 9.43. The van der Waals surface area contributed by atoms with Crippen LogP contribution in [0.3, 0.4) is 0 Å². The average Bonchev–Trinajstić information content (AvgIpc) is 3.54. The average molecular weight is 826 g/mol. The third-order valence-corrected chi connectivity index (χ3v) is 16.7. The number of hydrogen-bond acceptors (Lipinski definition) is 11. The first-order valence-electron chi connectivity index (χ1n) is 21.3. The predicted molar refractivity (Wildman–Crippen MR) is 217 cm³/mol. The summed E-state index contributed by atoms with van der Waals surface area (Å²) in [4.78, 5) is 57.3. The minimum Gasteiger partial charge on any atom is -0.463 e. The molecule has 0 radical (unpaired) electrons. The van der Waals surface area contributed by atoms with Crippen LogP contribution in [0.1, 0.15) is 105 Å². The van der Waals surface area contributed by atoms with Crippen molar-refractivity contribution in [3.63, 3.8) is 0 Å². The molecule has 14 unspecified atom stereocenters. The van der Waals surface area contributed by atoms with E-state index in [2.05, 4.69) is 42.0 Å². The van der Waals surface area contributed by atoms with Gasteiger partial charge in [0.15, 0.2) is 5.78 Å². The zero-order chi connectivity index (χ0) is 41.9. The summed E-state index contributed by atoms with van der Waals surface area (Å²) in [6.07, 6.45) is 10.9. The molecule has 4 saturated carbocycles. The van der Waals surface area contributed by atoms with Crippen LogP contribution in [0.5, 0.6) is 0 Å². The molecular formula is C43H63N5O9S. The first-order valence-corrected chi connectivity index (χ1v) is 22.4. The molecule has 14 nitrogen and oxygen atoms in total. The van der Waals surface area contributed by atoms with E-state index in [0.29, 0.717) is 30.7 Å². The Hall–Kier alpha value is -3.12. The highest BCUT2D eigenvalue weighted by Crippen LogP contribution is 2.68. The summed E-state index contributed by atoms with van der Waals surface area (Å²) in [7, 11) is 0. The fourth-order valence-corrected chi connectivity index (χ4v) is 13.6. The first-order chi connectivity index (χ1) is 27.6. The van der Waals surface area contributed by atoms with Crippen molar-refractivity contribution in [2.24, 2.45) is 57.4 Å². The van der Waals surface area contributed by atoms with Crippen molar-refractivity contribution in [3.8, 4) is 12.3 Å². The number of ether oxygens (including phenoxy) is 2. The highest BCUT2D eigenvalue weighted by molar-refractivity contribution is 8.00. The van der Waals surface area contributed by atoms with E-state index in [1.54, 1.807) is 0 Å². The van der Waals surface area contributed by atoms with Gasteiger partial charge in [-0.05, 0) is 122 Å². The SMILES string of the molecule is C#CCC(CC(=O)OCCOCCN=[N+]=[N-])CC(=O)C1=C(C)CSC2C(NC(=O)CCC(C)C3CCC4C5C(O)CC6CC(O)CCC6(C)C5CC(O)C34C)C(=O)N12. The number of aliphatic hydroxyl groups excluding tert-OH is 3. The number of fused-ring (bicyclic) bond motifs is 6. The number of nitrogens with zero attached hydrogens (tertiary/aromatic N) is 4. The van der Waals surface area contributed by atoms with Gasteiger partial charge in [0.05, 0.1) is 37.2 Å². The number of Topliss-reactive ketones (excluding diaryl/α,β-unsaturated/α-hetero) is 1. The van der Waals surface area contributed by atoms with Crippen LogP contribution in [-0.2, 0) is 28.7 Å². The van der Waals surface area contributed by atoms with Gasteiger partial charge >= 0.3 is 5.97 Å². The lowest BCUT2D eigenvalue weighted by Crippen LogP contribution is -2.70. The molecule has 58 heavy (non-hydrogen) atoms. The number of allylic oxidation sites excluding steroid dienone is 1. The van der Waals surface area contributed by atoms with E-state index in [1.807, 2.05) is 6.92 Å². The summed E-state index contributed by atoms with van der Waals surface area (Å²) in [5.41, 5.74) is 9.02. The van der Waals surface area contributed by atoms with Crippen molar-refractivity contribution >= 4 is 35.3 Å². The smallest absolute Gasteiger partial charge is 0.306 e. The van der Waals surface area contributed by atoms with E-state index in [0.717, 1.165) is 37.7 Å². The van der Waals surface area contributed by atoms with Gasteiger partial charge in [0.25, 0.3) is 5.91 Å². The molecule has 0 aromatic heterocycles. The highest BCUT2D eigenvalue weighted by atomic mass is 32.2. The summed E-state index contributed by atoms with van der Waals surface area (Å²) in [6, 6.07) is -0.751. The fraction of sp³-hybridized carbons (Fsp3) is 0.814. The number of nitrogens with one attached hydrogen (secondary N) is 1. The molecule has 5 fully saturated rings. The second-order valence-electron chi connectivity index (χ2n) is 18.5. The van der Waals surface area contributed by atoms with Crippen molar-refractivity contribution in [1.82, 2.24) is 10.2 Å². The van der Waals surface area contributed by atoms with Crippen LogP contribution in [0.2, 0.25) is 0 Å². The molecule has 4 N–H and O–H groups in total. The van der Waals surface area contributed by atoms with Crippen molar-refractivity contribution < 1.29 is 44.0 Å². The van der Waals surface area contributed by atoms with Crippen molar-refractivity contribution in [2.75, 3.05) is 32.1 Å². The van der Waals surface area contributed by atoms with E-state index in [-0.39, 0.29) is 122 Å². The maximum Gasteiger partial charge on any atom is 0.306 e. The molecule has 1 saturated heterocycles. The van der Waals surface area contributed by atoms with Gasteiger partial charge in [-0.25, -0.2) is 0 Å². The normalized spacial score (nSPS) is 37.4. The van der Waals surface area contributed by atoms with Gasteiger partial charge in [-0.15, -0.1) is 24.1 Å². The summed E-state index contributed by atoms with van der Waals surface area (Å²) >= 11 is 1.50. The molecule has 6 aliphatic rings. The lowest BCUT2D eigenvalue weighted by Gasteiger charge is -2.63. The van der Waals surface area contributed by atoms with E-state index in [9.17, 15) is 34.5 Å². The van der Waals surface area contributed by atoms with Crippen LogP contribution in [0.25, 0.3) is 10.4 Å². The fourth-order valence-electron chi connectivity index (χ4n) is 12.3. The summed E-state index contributed by atoms with van der Waals surface area (Å²) in [5.74, 6) is 2.36. The molecule has 0 bridgehead atoms. The minimum absolute atomic E-state index is 0.00605. The van der Waals surface area contributed by atoms with Gasteiger partial charge in [0.1, 0.15) is 18.0 Å². The monoisotopic (exact) mass is 825 g/mol. The maximum absolute atomic E-state index is 13.7. The van der Waals surface area contributed by atoms with E-state index < -0.39 is 35.5 Å². The summed E-state index contributed by atoms with van der Waals surface area (Å²) in [6.45, 7) is 9.05. The van der Waals surface area contributed by atoms with Gasteiger partial charge in [0, 0.05) is 42.9 Å². The molecule has 0 aromatic rings. The Bertz CT molecular complexity index is 1700. The molecule has 2 heterocycles. The van der Waals surface area contributed by atoms with Gasteiger partial charge in [-0.2, -0.15) is 0 Å². The predicted octanol–water partition coefficient (Wildman–Crippen LogP) is 4.90. The molecule has 6 rings (SSSR count). The van der Waals surface area contributed by atoms with Gasteiger partial charge in [0.2, 0.25) is 5.91 Å². The number of rotatable bonds is 17. The Morgan fingerprint density at radius 1 is 1.10 bits per heavy atom. The number of carbonyl (C=O) groups is 4. The molecule has 0 aromatic carbocycles. The zero-order valence-electron chi connectivity index (χ0n) is 34.5. The molecule has 15 heteroatoms. The van der Waals surface area contributed by atoms with Crippen molar-refractivity contribution in [1.29, 1.82) is 0 Å². The number of β-lactam (4-membered cyclic amide) rings is 1. The van der Waals surface area contributed by atoms with Crippen LogP contribution in [-0.4, -0.2) is 106 Å². The standard InChI is InChI=1S/C43H63N5O9S/c1-6-7-26(19-36(54)57-17-16-56-15-14-45-47-44)18-33(51)39-25(3)23-58-41-38(40(55)48(39)41)46-35(53)11-8-24(2)29-9-10-30-37-31(22-34(52)43(29,30)5)42(4)13-12-28(49)20-27(42)21-32(37)50/h1,24,26-32,34,37-38,41,49-50,52H,7-23H2,2-5H3,(H,46,53). The minimum atomic E-state index is -0.751. The van der Waals surface area contributed by atoms with Crippen LogP contribution >= 0.6 is 11.8 Å². The van der Waals surface area contributed by atoms with E-state index in [4.69, 9.17) is 21.4 Å². The number of hydrogen-bond donors (Lipinski definition) is 4. The zero-order valence-corrected chi connectivity index (χ0v) is 35.3. The Balaban J connectivity index is 0.995. The quantitative estimate of drug-likeness (QED) is 0.0297. The number of terminal acetylenes is 1. The van der Waals surface area contributed by atoms with Crippen LogP contribution < -0.4 is 5.32 Å². The molecule has 2 aliphatic heterocycles. The van der Waals surface area contributed by atoms with Crippen molar-refractivity contribution in [3.05, 3.63) is 21.7 Å². The number of ketones is 1. The second-order valence-corrected chi connectivity index (χ2v) is 19.6. The number of aliphatic hydroxyl groups is 3. The molecule has 2 amide bonds. The molecule has 320 valence electrons. The molecule has 14 atom stereocenters. The Kier molecular flexibility index (Phi) is 14.3. The first kappa shape index (κ1) is 44.4. The number of carbonyl (C=O) groups excluding carboxylic acids is 4. The topological polar surface area (TPSA) is 211 Å². The van der Waals surface area contributed by atoms with E-state index in [1.165, 1.54) is 16.7 Å². The maximum atomic E-state index is 13.7. The Morgan fingerprint density at radius 3 is 2.62 bits per heavy atom. The summed E-state index contributed by atoms with van der Waals surface area (Å²) in [5, 5.41) is 39.9. The van der Waals surface area contributed by atoms with Crippen LogP contribution in [0.15, 0.2) is 16.4 Å². The third-order valence-electron chi connectivity index (χ3n) is 15.3. The largest absolute Gasteiger partial charge is 0.463 e. The third kappa shape index (κ3) is 8.70. The van der Waals surface area contributed by atoms with Crippen LogP contribution in [0.4, 0.5) is 0 Å². The number of esters is 1. The summed E-state index contributed by atoms with van der Waals surface area (Å²) < 4.78 is 10.5. The Morgan fingerprint density at radius 2 is 1.88 bits per heavy atom. The second kappa shape index (κ2) is 18.7. The molecule has 0 spiro atoms. The number of azide groups is 1. The van der Waals surface area contributed by atoms with Gasteiger partial charge < -0.3 is 30.1 Å². The lowest BCUT2D eigenvalue weighted by molar-refractivity contribution is -0.207. The van der Waals surface area contributed by atoms with Gasteiger partial charge in [-0.1, -0.05) is 25.9 Å². The van der Waals surface area contributed by atoms with Gasteiger partial charge in [-0.3, -0.25) is 24.1 Å². The molecule has 4 aliphatic carbocycles. The Labute approximate surface area is 346 Å². The van der Waals surface area contributed by atoms with Crippen LogP contribution in [0, 0.1) is 64.6 Å². The number of amides is 2. The molecular weight excluding hydrogens is 763 g/mol. The van der Waals surface area contributed by atoms with Crippen molar-refractivity contribution in [2.45, 2.75) is 134 Å². The highest BCUT2D eigenvalue weighted by Gasteiger charge is 2.65. The van der Waals surface area contributed by atoms with E-state index >= 15 is 0 Å². The number of thioether (sulfide) groups is 1.